The molecule has 21 heavy (non-hydrogen) atoms. The van der Waals surface area contributed by atoms with Gasteiger partial charge in [-0.1, -0.05) is 34.8 Å². The molecule has 0 aliphatic carbocycles. The maximum absolute atomic E-state index is 12.7. The monoisotopic (exact) mass is 338 g/mol. The summed E-state index contributed by atoms with van der Waals surface area (Å²) in [5.41, 5.74) is 7.66. The SMILES string of the molecule is Nc1cc(Cl)c(Cl)c(C(=O)c2c[nH]c3ccc(Cl)cc23)c1. The van der Waals surface area contributed by atoms with Gasteiger partial charge in [-0.3, -0.25) is 4.79 Å². The van der Waals surface area contributed by atoms with Crippen LogP contribution in [0.15, 0.2) is 36.5 Å². The zero-order chi connectivity index (χ0) is 15.1. The summed E-state index contributed by atoms with van der Waals surface area (Å²) in [6.07, 6.45) is 1.62. The summed E-state index contributed by atoms with van der Waals surface area (Å²) in [7, 11) is 0. The highest BCUT2D eigenvalue weighted by molar-refractivity contribution is 6.45. The van der Waals surface area contributed by atoms with Crippen molar-refractivity contribution in [2.45, 2.75) is 0 Å². The summed E-state index contributed by atoms with van der Waals surface area (Å²) < 4.78 is 0. The van der Waals surface area contributed by atoms with E-state index in [0.29, 0.717) is 16.3 Å². The number of hydrogen-bond acceptors (Lipinski definition) is 2. The fourth-order valence-electron chi connectivity index (χ4n) is 2.20. The van der Waals surface area contributed by atoms with Gasteiger partial charge in [-0.05, 0) is 30.3 Å². The van der Waals surface area contributed by atoms with Gasteiger partial charge in [-0.25, -0.2) is 0 Å². The third kappa shape index (κ3) is 2.48. The topological polar surface area (TPSA) is 58.9 Å². The minimum Gasteiger partial charge on any atom is -0.399 e. The second-order valence-electron chi connectivity index (χ2n) is 4.59. The minimum atomic E-state index is -0.261. The van der Waals surface area contributed by atoms with Gasteiger partial charge in [-0.2, -0.15) is 0 Å². The van der Waals surface area contributed by atoms with Crippen LogP contribution in [-0.2, 0) is 0 Å². The van der Waals surface area contributed by atoms with Gasteiger partial charge in [0.05, 0.1) is 10.0 Å². The fraction of sp³-hybridized carbons (Fsp3) is 0. The zero-order valence-electron chi connectivity index (χ0n) is 10.6. The molecule has 0 bridgehead atoms. The van der Waals surface area contributed by atoms with Crippen LogP contribution in [0.2, 0.25) is 15.1 Å². The Morgan fingerprint density at radius 3 is 2.57 bits per heavy atom. The van der Waals surface area contributed by atoms with E-state index in [9.17, 15) is 4.79 Å². The summed E-state index contributed by atoms with van der Waals surface area (Å²) in [6.45, 7) is 0. The molecule has 0 amide bonds. The van der Waals surface area contributed by atoms with Crippen molar-refractivity contribution in [3.8, 4) is 0 Å². The molecule has 3 aromatic rings. The third-order valence-electron chi connectivity index (χ3n) is 3.18. The molecule has 3 rings (SSSR count). The number of nitrogens with two attached hydrogens (primary N) is 1. The zero-order valence-corrected chi connectivity index (χ0v) is 12.9. The van der Waals surface area contributed by atoms with E-state index in [-0.39, 0.29) is 21.4 Å². The summed E-state index contributed by atoms with van der Waals surface area (Å²) in [4.78, 5) is 15.7. The van der Waals surface area contributed by atoms with Gasteiger partial charge in [0, 0.05) is 38.9 Å². The molecule has 0 unspecified atom stereocenters. The average Bonchev–Trinajstić information content (AvgIpc) is 2.85. The average molecular weight is 340 g/mol. The van der Waals surface area contributed by atoms with Crippen molar-refractivity contribution in [1.29, 1.82) is 0 Å². The first kappa shape index (κ1) is 14.3. The second-order valence-corrected chi connectivity index (χ2v) is 5.81. The molecule has 6 heteroatoms. The fourth-order valence-corrected chi connectivity index (χ4v) is 2.80. The number of halogens is 3. The van der Waals surface area contributed by atoms with E-state index in [1.807, 2.05) is 6.07 Å². The Morgan fingerprint density at radius 2 is 1.81 bits per heavy atom. The predicted octanol–water partition coefficient (Wildman–Crippen LogP) is 4.94. The lowest BCUT2D eigenvalue weighted by atomic mass is 10.0. The van der Waals surface area contributed by atoms with Crippen molar-refractivity contribution in [1.82, 2.24) is 4.98 Å². The summed E-state index contributed by atoms with van der Waals surface area (Å²) in [5.74, 6) is -0.261. The van der Waals surface area contributed by atoms with Crippen molar-refractivity contribution in [2.24, 2.45) is 0 Å². The van der Waals surface area contributed by atoms with Crippen LogP contribution in [-0.4, -0.2) is 10.8 Å². The van der Waals surface area contributed by atoms with Crippen molar-refractivity contribution >= 4 is 57.2 Å². The molecule has 0 radical (unpaired) electrons. The smallest absolute Gasteiger partial charge is 0.196 e. The van der Waals surface area contributed by atoms with E-state index in [0.717, 1.165) is 10.9 Å². The molecule has 0 aliphatic rings. The first-order chi connectivity index (χ1) is 9.97. The van der Waals surface area contributed by atoms with Crippen LogP contribution in [0.25, 0.3) is 10.9 Å². The van der Waals surface area contributed by atoms with Crippen LogP contribution in [0.4, 0.5) is 5.69 Å². The predicted molar refractivity (Wildman–Crippen MR) is 87.6 cm³/mol. The Labute approximate surface area is 135 Å². The van der Waals surface area contributed by atoms with Gasteiger partial charge in [0.2, 0.25) is 0 Å². The Kier molecular flexibility index (Phi) is 3.57. The second kappa shape index (κ2) is 5.26. The number of ketones is 1. The minimum absolute atomic E-state index is 0.187. The molecular formula is C15H9Cl3N2O. The van der Waals surface area contributed by atoms with Crippen LogP contribution in [0, 0.1) is 0 Å². The quantitative estimate of drug-likeness (QED) is 0.513. The number of nitrogen functional groups attached to an aromatic ring is 1. The van der Waals surface area contributed by atoms with Gasteiger partial charge in [0.15, 0.2) is 5.78 Å². The molecule has 106 valence electrons. The van der Waals surface area contributed by atoms with Crippen molar-refractivity contribution in [2.75, 3.05) is 5.73 Å². The van der Waals surface area contributed by atoms with E-state index in [1.165, 1.54) is 12.1 Å². The number of rotatable bonds is 2. The summed E-state index contributed by atoms with van der Waals surface area (Å²) >= 11 is 18.1. The summed E-state index contributed by atoms with van der Waals surface area (Å²) in [5, 5.41) is 1.71. The number of hydrogen-bond donors (Lipinski definition) is 2. The Morgan fingerprint density at radius 1 is 1.05 bits per heavy atom. The van der Waals surface area contributed by atoms with Gasteiger partial charge in [-0.15, -0.1) is 0 Å². The van der Waals surface area contributed by atoms with E-state index >= 15 is 0 Å². The lowest BCUT2D eigenvalue weighted by Crippen LogP contribution is -2.03. The Hall–Kier alpha value is -1.68. The number of carbonyl (C=O) groups excluding carboxylic acids is 1. The molecule has 1 heterocycles. The maximum Gasteiger partial charge on any atom is 0.196 e. The lowest BCUT2D eigenvalue weighted by Gasteiger charge is -2.06. The van der Waals surface area contributed by atoms with Gasteiger partial charge in [0.1, 0.15) is 0 Å². The molecule has 0 spiro atoms. The summed E-state index contributed by atoms with van der Waals surface area (Å²) in [6, 6.07) is 8.30. The molecule has 0 fully saturated rings. The number of benzene rings is 2. The highest BCUT2D eigenvalue weighted by Gasteiger charge is 2.19. The highest BCUT2D eigenvalue weighted by Crippen LogP contribution is 2.32. The molecule has 0 aliphatic heterocycles. The number of aromatic amines is 1. The van der Waals surface area contributed by atoms with Crippen molar-refractivity contribution in [3.05, 3.63) is 62.7 Å². The van der Waals surface area contributed by atoms with Crippen molar-refractivity contribution in [3.63, 3.8) is 0 Å². The largest absolute Gasteiger partial charge is 0.399 e. The maximum atomic E-state index is 12.7. The third-order valence-corrected chi connectivity index (χ3v) is 4.22. The van der Waals surface area contributed by atoms with Gasteiger partial charge in [0.25, 0.3) is 0 Å². The molecule has 0 saturated heterocycles. The first-order valence-electron chi connectivity index (χ1n) is 6.03. The van der Waals surface area contributed by atoms with Crippen LogP contribution in [0.3, 0.4) is 0 Å². The first-order valence-corrected chi connectivity index (χ1v) is 7.16. The lowest BCUT2D eigenvalue weighted by molar-refractivity contribution is 0.104. The van der Waals surface area contributed by atoms with E-state index in [1.54, 1.807) is 18.3 Å². The number of nitrogens with one attached hydrogen (secondary N) is 1. The molecule has 2 aromatic carbocycles. The van der Waals surface area contributed by atoms with Crippen LogP contribution < -0.4 is 5.73 Å². The molecule has 3 nitrogen and oxygen atoms in total. The van der Waals surface area contributed by atoms with Crippen LogP contribution in [0.5, 0.6) is 0 Å². The molecular weight excluding hydrogens is 331 g/mol. The van der Waals surface area contributed by atoms with E-state index in [4.69, 9.17) is 40.5 Å². The molecule has 3 N–H and O–H groups in total. The normalized spacial score (nSPS) is 11.0. The van der Waals surface area contributed by atoms with E-state index in [2.05, 4.69) is 4.98 Å². The van der Waals surface area contributed by atoms with Gasteiger partial charge >= 0.3 is 0 Å². The standard InChI is InChI=1S/C15H9Cl3N2O/c16-7-1-2-13-9(3-7)11(6-20-13)15(21)10-4-8(19)5-12(17)14(10)18/h1-6,20H,19H2. The Balaban J connectivity index is 2.19. The van der Waals surface area contributed by atoms with Crippen molar-refractivity contribution < 1.29 is 4.79 Å². The molecule has 1 aromatic heterocycles. The van der Waals surface area contributed by atoms with Crippen LogP contribution >= 0.6 is 34.8 Å². The molecule has 0 atom stereocenters. The number of aromatic nitrogens is 1. The number of fused-ring (bicyclic) bond motifs is 1. The highest BCUT2D eigenvalue weighted by atomic mass is 35.5. The van der Waals surface area contributed by atoms with E-state index < -0.39 is 0 Å². The van der Waals surface area contributed by atoms with Gasteiger partial charge < -0.3 is 10.7 Å². The number of carbonyl (C=O) groups is 1. The molecule has 0 saturated carbocycles. The number of H-pyrrole nitrogens is 1. The van der Waals surface area contributed by atoms with Crippen LogP contribution in [0.1, 0.15) is 15.9 Å². The Bertz CT molecular complexity index is 871. The number of anilines is 1.